The standard InChI is InChI=1S/C14H18FN3O/c1-14(2,3)13-11(8-18(4)17-13)12(19)9-5-10(15)7-16-6-9/h5-8,12,19H,1-4H3. The van der Waals surface area contributed by atoms with Gasteiger partial charge in [0.2, 0.25) is 0 Å². The largest absolute Gasteiger partial charge is 0.383 e. The summed E-state index contributed by atoms with van der Waals surface area (Å²) in [6.45, 7) is 6.07. The van der Waals surface area contributed by atoms with Crippen LogP contribution in [-0.4, -0.2) is 19.9 Å². The summed E-state index contributed by atoms with van der Waals surface area (Å²) in [6, 6.07) is 1.29. The van der Waals surface area contributed by atoms with Gasteiger partial charge in [-0.05, 0) is 6.07 Å². The molecule has 19 heavy (non-hydrogen) atoms. The molecule has 0 aliphatic heterocycles. The molecule has 0 aliphatic carbocycles. The molecule has 0 bridgehead atoms. The van der Waals surface area contributed by atoms with Crippen LogP contribution in [0.1, 0.15) is 43.7 Å². The van der Waals surface area contributed by atoms with E-state index in [-0.39, 0.29) is 5.41 Å². The van der Waals surface area contributed by atoms with Crippen LogP contribution in [0.4, 0.5) is 4.39 Å². The molecule has 1 unspecified atom stereocenters. The number of aryl methyl sites for hydroxylation is 1. The van der Waals surface area contributed by atoms with Crippen molar-refractivity contribution in [2.45, 2.75) is 32.3 Å². The van der Waals surface area contributed by atoms with Gasteiger partial charge in [0.25, 0.3) is 0 Å². The molecule has 4 nitrogen and oxygen atoms in total. The normalized spacial score (nSPS) is 13.6. The second kappa shape index (κ2) is 4.74. The Morgan fingerprint density at radius 2 is 2.00 bits per heavy atom. The van der Waals surface area contributed by atoms with E-state index < -0.39 is 11.9 Å². The number of nitrogens with zero attached hydrogens (tertiary/aromatic N) is 3. The third-order valence-electron chi connectivity index (χ3n) is 2.90. The van der Waals surface area contributed by atoms with Crippen LogP contribution in [0.15, 0.2) is 24.7 Å². The minimum Gasteiger partial charge on any atom is -0.383 e. The van der Waals surface area contributed by atoms with Crippen molar-refractivity contribution < 1.29 is 9.50 Å². The fraction of sp³-hybridized carbons (Fsp3) is 0.429. The summed E-state index contributed by atoms with van der Waals surface area (Å²) < 4.78 is 14.8. The van der Waals surface area contributed by atoms with E-state index >= 15 is 0 Å². The molecule has 0 radical (unpaired) electrons. The Kier molecular flexibility index (Phi) is 3.41. The fourth-order valence-corrected chi connectivity index (χ4v) is 2.05. The van der Waals surface area contributed by atoms with E-state index in [0.29, 0.717) is 11.1 Å². The van der Waals surface area contributed by atoms with Crippen molar-refractivity contribution in [2.24, 2.45) is 7.05 Å². The zero-order chi connectivity index (χ0) is 14.2. The maximum atomic E-state index is 13.2. The van der Waals surface area contributed by atoms with Gasteiger partial charge in [0.05, 0.1) is 11.9 Å². The lowest BCUT2D eigenvalue weighted by Crippen LogP contribution is -2.16. The Hall–Kier alpha value is -1.75. The molecule has 0 fully saturated rings. The van der Waals surface area contributed by atoms with Crippen LogP contribution in [-0.2, 0) is 12.5 Å². The Morgan fingerprint density at radius 1 is 1.32 bits per heavy atom. The highest BCUT2D eigenvalue weighted by Gasteiger charge is 2.26. The van der Waals surface area contributed by atoms with Crippen molar-refractivity contribution >= 4 is 0 Å². The van der Waals surface area contributed by atoms with E-state index in [2.05, 4.69) is 10.1 Å². The molecule has 0 spiro atoms. The van der Waals surface area contributed by atoms with Crippen molar-refractivity contribution in [3.05, 3.63) is 47.3 Å². The molecule has 2 aromatic heterocycles. The van der Waals surface area contributed by atoms with Gasteiger partial charge in [0.1, 0.15) is 11.9 Å². The number of halogens is 1. The minimum absolute atomic E-state index is 0.196. The third-order valence-corrected chi connectivity index (χ3v) is 2.90. The number of rotatable bonds is 2. The molecular formula is C14H18FN3O. The Balaban J connectivity index is 2.47. The summed E-state index contributed by atoms with van der Waals surface area (Å²) in [5.74, 6) is -0.460. The van der Waals surface area contributed by atoms with Crippen LogP contribution in [0.3, 0.4) is 0 Å². The first-order valence-electron chi connectivity index (χ1n) is 6.11. The summed E-state index contributed by atoms with van der Waals surface area (Å²) in [5.41, 5.74) is 1.71. The Morgan fingerprint density at radius 3 is 2.58 bits per heavy atom. The van der Waals surface area contributed by atoms with Gasteiger partial charge in [-0.1, -0.05) is 20.8 Å². The summed E-state index contributed by atoms with van der Waals surface area (Å²) in [7, 11) is 1.80. The van der Waals surface area contributed by atoms with Crippen molar-refractivity contribution in [1.82, 2.24) is 14.8 Å². The highest BCUT2D eigenvalue weighted by atomic mass is 19.1. The second-order valence-corrected chi connectivity index (χ2v) is 5.70. The van der Waals surface area contributed by atoms with Gasteiger partial charge in [0, 0.05) is 36.0 Å². The van der Waals surface area contributed by atoms with Crippen LogP contribution in [0, 0.1) is 5.82 Å². The Labute approximate surface area is 111 Å². The van der Waals surface area contributed by atoms with Gasteiger partial charge in [-0.15, -0.1) is 0 Å². The molecule has 1 N–H and O–H groups in total. The molecule has 0 amide bonds. The lowest BCUT2D eigenvalue weighted by atomic mass is 9.87. The van der Waals surface area contributed by atoms with E-state index in [1.807, 2.05) is 20.8 Å². The van der Waals surface area contributed by atoms with E-state index in [1.54, 1.807) is 17.9 Å². The van der Waals surface area contributed by atoms with E-state index in [4.69, 9.17) is 0 Å². The second-order valence-electron chi connectivity index (χ2n) is 5.70. The number of hydrogen-bond acceptors (Lipinski definition) is 3. The summed E-state index contributed by atoms with van der Waals surface area (Å²) >= 11 is 0. The zero-order valence-electron chi connectivity index (χ0n) is 11.6. The number of hydrogen-bond donors (Lipinski definition) is 1. The van der Waals surface area contributed by atoms with Crippen molar-refractivity contribution in [2.75, 3.05) is 0 Å². The fourth-order valence-electron chi connectivity index (χ4n) is 2.05. The molecule has 2 aromatic rings. The zero-order valence-corrected chi connectivity index (χ0v) is 11.6. The molecule has 0 saturated heterocycles. The van der Waals surface area contributed by atoms with E-state index in [9.17, 15) is 9.50 Å². The van der Waals surface area contributed by atoms with E-state index in [1.165, 1.54) is 12.3 Å². The third kappa shape index (κ3) is 2.81. The first kappa shape index (κ1) is 13.7. The van der Waals surface area contributed by atoms with Gasteiger partial charge in [-0.3, -0.25) is 9.67 Å². The van der Waals surface area contributed by atoms with Gasteiger partial charge in [-0.2, -0.15) is 5.10 Å². The highest BCUT2D eigenvalue weighted by molar-refractivity contribution is 5.33. The van der Waals surface area contributed by atoms with Crippen molar-refractivity contribution in [1.29, 1.82) is 0 Å². The Bertz CT molecular complexity index is 587. The number of aliphatic hydroxyl groups excluding tert-OH is 1. The molecule has 2 rings (SSSR count). The molecular weight excluding hydrogens is 245 g/mol. The van der Waals surface area contributed by atoms with Gasteiger partial charge in [0.15, 0.2) is 0 Å². The monoisotopic (exact) mass is 263 g/mol. The smallest absolute Gasteiger partial charge is 0.141 e. The predicted molar refractivity (Wildman–Crippen MR) is 70.2 cm³/mol. The van der Waals surface area contributed by atoms with Gasteiger partial charge < -0.3 is 5.11 Å². The van der Waals surface area contributed by atoms with Crippen LogP contribution in [0.5, 0.6) is 0 Å². The molecule has 102 valence electrons. The summed E-state index contributed by atoms with van der Waals surface area (Å²) in [5, 5.41) is 14.8. The first-order chi connectivity index (χ1) is 8.79. The molecule has 5 heteroatoms. The molecule has 0 aliphatic rings. The molecule has 0 saturated carbocycles. The number of pyridine rings is 1. The maximum absolute atomic E-state index is 13.2. The highest BCUT2D eigenvalue weighted by Crippen LogP contribution is 2.31. The summed E-state index contributed by atoms with van der Waals surface area (Å²) in [6.07, 6.45) is 3.42. The van der Waals surface area contributed by atoms with Crippen molar-refractivity contribution in [3.63, 3.8) is 0 Å². The molecule has 2 heterocycles. The van der Waals surface area contributed by atoms with Crippen LogP contribution in [0.25, 0.3) is 0 Å². The average Bonchev–Trinajstić information content (AvgIpc) is 2.70. The minimum atomic E-state index is -0.925. The van der Waals surface area contributed by atoms with Crippen LogP contribution in [0.2, 0.25) is 0 Å². The maximum Gasteiger partial charge on any atom is 0.141 e. The lowest BCUT2D eigenvalue weighted by molar-refractivity contribution is 0.216. The topological polar surface area (TPSA) is 50.9 Å². The number of aromatic nitrogens is 3. The molecule has 0 aromatic carbocycles. The number of aliphatic hydroxyl groups is 1. The molecule has 1 atom stereocenters. The van der Waals surface area contributed by atoms with Crippen LogP contribution >= 0.6 is 0 Å². The lowest BCUT2D eigenvalue weighted by Gasteiger charge is -2.20. The summed E-state index contributed by atoms with van der Waals surface area (Å²) in [4.78, 5) is 3.77. The van der Waals surface area contributed by atoms with Crippen molar-refractivity contribution in [3.8, 4) is 0 Å². The average molecular weight is 263 g/mol. The van der Waals surface area contributed by atoms with Gasteiger partial charge >= 0.3 is 0 Å². The first-order valence-corrected chi connectivity index (χ1v) is 6.11. The SMILES string of the molecule is Cn1cc(C(O)c2cncc(F)c2)c(C(C)(C)C)n1. The van der Waals surface area contributed by atoms with E-state index in [0.717, 1.165) is 11.9 Å². The van der Waals surface area contributed by atoms with Gasteiger partial charge in [-0.25, -0.2) is 4.39 Å². The quantitative estimate of drug-likeness (QED) is 0.904. The van der Waals surface area contributed by atoms with Crippen LogP contribution < -0.4 is 0 Å². The predicted octanol–water partition coefficient (Wildman–Crippen LogP) is 2.33.